The molecule has 2 aromatic rings. The van der Waals surface area contributed by atoms with Gasteiger partial charge in [-0.2, -0.15) is 5.26 Å². The van der Waals surface area contributed by atoms with Crippen molar-refractivity contribution in [3.05, 3.63) is 79.4 Å². The number of nitro benzene ring substituents is 1. The number of nitrogens with zero attached hydrogens (tertiary/aromatic N) is 2. The zero-order valence-electron chi connectivity index (χ0n) is 13.2. The Labute approximate surface area is 162 Å². The van der Waals surface area contributed by atoms with Crippen LogP contribution < -0.4 is 10.6 Å². The number of amides is 1. The van der Waals surface area contributed by atoms with E-state index in [-0.39, 0.29) is 22.0 Å². The van der Waals surface area contributed by atoms with Crippen LogP contribution in [0.1, 0.15) is 5.56 Å². The summed E-state index contributed by atoms with van der Waals surface area (Å²) in [6, 6.07) is 13.0. The van der Waals surface area contributed by atoms with Crippen LogP contribution in [0.5, 0.6) is 0 Å². The van der Waals surface area contributed by atoms with Crippen molar-refractivity contribution in [3.63, 3.8) is 0 Å². The van der Waals surface area contributed by atoms with Gasteiger partial charge < -0.3 is 10.6 Å². The van der Waals surface area contributed by atoms with E-state index in [1.54, 1.807) is 6.07 Å². The third-order valence-corrected chi connectivity index (χ3v) is 4.04. The highest BCUT2D eigenvalue weighted by molar-refractivity contribution is 9.10. The van der Waals surface area contributed by atoms with E-state index in [0.29, 0.717) is 6.54 Å². The molecule has 9 heteroatoms. The van der Waals surface area contributed by atoms with Gasteiger partial charge in [-0.1, -0.05) is 39.7 Å². The third kappa shape index (κ3) is 5.31. The number of rotatable bonds is 6. The molecule has 0 aliphatic heterocycles. The second-order valence-corrected chi connectivity index (χ2v) is 6.38. The first-order valence-electron chi connectivity index (χ1n) is 7.24. The van der Waals surface area contributed by atoms with E-state index in [9.17, 15) is 14.9 Å². The van der Waals surface area contributed by atoms with Crippen molar-refractivity contribution in [2.45, 2.75) is 6.54 Å². The molecule has 0 saturated carbocycles. The minimum Gasteiger partial charge on any atom is -0.386 e. The molecule has 26 heavy (non-hydrogen) atoms. The van der Waals surface area contributed by atoms with Gasteiger partial charge in [0.05, 0.1) is 15.6 Å². The van der Waals surface area contributed by atoms with E-state index in [1.165, 1.54) is 18.3 Å². The van der Waals surface area contributed by atoms with Gasteiger partial charge in [-0.3, -0.25) is 14.9 Å². The normalized spacial score (nSPS) is 10.7. The van der Waals surface area contributed by atoms with Gasteiger partial charge in [0, 0.05) is 29.4 Å². The van der Waals surface area contributed by atoms with E-state index in [1.807, 2.05) is 24.3 Å². The van der Waals surface area contributed by atoms with Crippen LogP contribution in [0.25, 0.3) is 0 Å². The number of hydrogen-bond acceptors (Lipinski definition) is 5. The highest BCUT2D eigenvalue weighted by Crippen LogP contribution is 2.27. The highest BCUT2D eigenvalue weighted by atomic mass is 79.9. The quantitative estimate of drug-likeness (QED) is 0.307. The van der Waals surface area contributed by atoms with E-state index in [2.05, 4.69) is 26.6 Å². The van der Waals surface area contributed by atoms with Crippen molar-refractivity contribution in [2.75, 3.05) is 5.32 Å². The molecule has 0 aliphatic carbocycles. The molecule has 2 rings (SSSR count). The Hall–Kier alpha value is -2.89. The molecule has 0 saturated heterocycles. The number of nitrogens with one attached hydrogen (secondary N) is 2. The summed E-state index contributed by atoms with van der Waals surface area (Å²) >= 11 is 9.29. The predicted molar refractivity (Wildman–Crippen MR) is 101 cm³/mol. The number of anilines is 1. The first-order valence-corrected chi connectivity index (χ1v) is 8.41. The molecule has 0 fully saturated rings. The third-order valence-electron chi connectivity index (χ3n) is 3.22. The fourth-order valence-corrected chi connectivity index (χ4v) is 2.59. The molecule has 0 aliphatic rings. The number of nitriles is 1. The van der Waals surface area contributed by atoms with Gasteiger partial charge in [-0.15, -0.1) is 0 Å². The lowest BCUT2D eigenvalue weighted by atomic mass is 10.2. The zero-order chi connectivity index (χ0) is 19.1. The molecule has 0 unspecified atom stereocenters. The fraction of sp³-hybridized carbons (Fsp3) is 0.0588. The van der Waals surface area contributed by atoms with Gasteiger partial charge in [-0.25, -0.2) is 0 Å². The molecule has 132 valence electrons. The Morgan fingerprint density at radius 2 is 2.12 bits per heavy atom. The van der Waals surface area contributed by atoms with Crippen LogP contribution in [0.15, 0.2) is 58.7 Å². The molecule has 1 amide bonds. The monoisotopic (exact) mass is 434 g/mol. The maximum atomic E-state index is 12.2. The van der Waals surface area contributed by atoms with Crippen LogP contribution >= 0.6 is 27.5 Å². The van der Waals surface area contributed by atoms with Gasteiger partial charge >= 0.3 is 0 Å². The van der Waals surface area contributed by atoms with Crippen molar-refractivity contribution in [2.24, 2.45) is 0 Å². The topological polar surface area (TPSA) is 108 Å². The molecule has 0 aromatic heterocycles. The molecule has 0 spiro atoms. The van der Waals surface area contributed by atoms with Crippen molar-refractivity contribution in [1.29, 1.82) is 5.26 Å². The minimum absolute atomic E-state index is 0.0546. The predicted octanol–water partition coefficient (Wildman–Crippen LogP) is 4.15. The number of carbonyl (C=O) groups is 1. The van der Waals surface area contributed by atoms with E-state index in [4.69, 9.17) is 16.9 Å². The number of halogens is 2. The Kier molecular flexibility index (Phi) is 6.72. The summed E-state index contributed by atoms with van der Waals surface area (Å²) in [6.07, 6.45) is 1.28. The molecule has 2 N–H and O–H groups in total. The maximum absolute atomic E-state index is 12.2. The Morgan fingerprint density at radius 1 is 1.35 bits per heavy atom. The summed E-state index contributed by atoms with van der Waals surface area (Å²) in [4.78, 5) is 22.4. The summed E-state index contributed by atoms with van der Waals surface area (Å²) in [5.74, 6) is -0.725. The molecule has 2 aromatic carbocycles. The molecule has 0 bridgehead atoms. The van der Waals surface area contributed by atoms with E-state index >= 15 is 0 Å². The average molecular weight is 436 g/mol. The Morgan fingerprint density at radius 3 is 2.77 bits per heavy atom. The van der Waals surface area contributed by atoms with E-state index < -0.39 is 10.8 Å². The fourth-order valence-electron chi connectivity index (χ4n) is 1.98. The van der Waals surface area contributed by atoms with Crippen molar-refractivity contribution in [1.82, 2.24) is 5.32 Å². The molecule has 0 radical (unpaired) electrons. The standard InChI is InChI=1S/C17H12BrClN4O3/c18-13-3-1-2-11(6-13)9-21-10-12(8-20)17(24)22-16-7-14(23(25)26)4-5-15(16)19/h1-7,10,21H,9H2,(H,22,24)/b12-10-. The van der Waals surface area contributed by atoms with Gasteiger partial charge in [0.1, 0.15) is 11.6 Å². The molecule has 0 heterocycles. The van der Waals surface area contributed by atoms with Crippen molar-refractivity contribution in [3.8, 4) is 6.07 Å². The highest BCUT2D eigenvalue weighted by Gasteiger charge is 2.14. The maximum Gasteiger partial charge on any atom is 0.271 e. The van der Waals surface area contributed by atoms with Crippen LogP contribution in [0.4, 0.5) is 11.4 Å². The number of non-ortho nitro benzene ring substituents is 1. The lowest BCUT2D eigenvalue weighted by Gasteiger charge is -2.07. The van der Waals surface area contributed by atoms with Gasteiger partial charge in [0.25, 0.3) is 11.6 Å². The lowest BCUT2D eigenvalue weighted by molar-refractivity contribution is -0.384. The molecule has 7 nitrogen and oxygen atoms in total. The van der Waals surface area contributed by atoms with Crippen LogP contribution in [0, 0.1) is 21.4 Å². The number of carbonyl (C=O) groups excluding carboxylic acids is 1. The molecular formula is C17H12BrClN4O3. The number of hydrogen-bond donors (Lipinski definition) is 2. The second-order valence-electron chi connectivity index (χ2n) is 5.06. The Bertz CT molecular complexity index is 924. The van der Waals surface area contributed by atoms with E-state index in [0.717, 1.165) is 16.1 Å². The van der Waals surface area contributed by atoms with Crippen LogP contribution in [0.3, 0.4) is 0 Å². The molecule has 0 atom stereocenters. The number of nitro groups is 1. The number of benzene rings is 2. The summed E-state index contributed by atoms with van der Waals surface area (Å²) in [6.45, 7) is 0.412. The lowest BCUT2D eigenvalue weighted by Crippen LogP contribution is -2.17. The SMILES string of the molecule is N#C/C(=C/NCc1cccc(Br)c1)C(=O)Nc1cc([N+](=O)[O-])ccc1Cl. The van der Waals surface area contributed by atoms with Crippen LogP contribution in [0.2, 0.25) is 5.02 Å². The average Bonchev–Trinajstić information content (AvgIpc) is 2.60. The minimum atomic E-state index is -0.725. The zero-order valence-corrected chi connectivity index (χ0v) is 15.5. The molecular weight excluding hydrogens is 424 g/mol. The summed E-state index contributed by atoms with van der Waals surface area (Å²) in [5.41, 5.74) is 0.594. The Balaban J connectivity index is 2.08. The van der Waals surface area contributed by atoms with Crippen LogP contribution in [-0.4, -0.2) is 10.8 Å². The first kappa shape index (κ1) is 19.4. The van der Waals surface area contributed by atoms with Crippen LogP contribution in [-0.2, 0) is 11.3 Å². The largest absolute Gasteiger partial charge is 0.386 e. The smallest absolute Gasteiger partial charge is 0.271 e. The summed E-state index contributed by atoms with van der Waals surface area (Å²) in [7, 11) is 0. The van der Waals surface area contributed by atoms with Crippen molar-refractivity contribution < 1.29 is 9.72 Å². The van der Waals surface area contributed by atoms with Gasteiger partial charge in [-0.05, 0) is 23.8 Å². The second kappa shape index (κ2) is 8.99. The van der Waals surface area contributed by atoms with Gasteiger partial charge in [0.2, 0.25) is 0 Å². The summed E-state index contributed by atoms with van der Waals surface area (Å²) in [5, 5.41) is 25.4. The van der Waals surface area contributed by atoms with Crippen molar-refractivity contribution >= 4 is 44.8 Å². The van der Waals surface area contributed by atoms with Gasteiger partial charge in [0.15, 0.2) is 0 Å². The summed E-state index contributed by atoms with van der Waals surface area (Å²) < 4.78 is 0.916. The first-order chi connectivity index (χ1) is 12.4.